The normalized spacial score (nSPS) is 10.8. The molecule has 0 aliphatic rings. The number of aromatic nitrogens is 1. The second-order valence-electron chi connectivity index (χ2n) is 8.62. The van der Waals surface area contributed by atoms with Gasteiger partial charge in [0.1, 0.15) is 23.9 Å². The average Bonchev–Trinajstić information content (AvgIpc) is 2.88. The number of carboxylic acids is 1. The van der Waals surface area contributed by atoms with Gasteiger partial charge in [-0.1, -0.05) is 42.5 Å². The molecule has 36 heavy (non-hydrogen) atoms. The van der Waals surface area contributed by atoms with Gasteiger partial charge in [0, 0.05) is 5.56 Å². The number of rotatable bonds is 10. The van der Waals surface area contributed by atoms with Crippen molar-refractivity contribution in [2.24, 2.45) is 0 Å². The van der Waals surface area contributed by atoms with Crippen LogP contribution in [0.25, 0.3) is 11.3 Å². The number of benzene rings is 3. The van der Waals surface area contributed by atoms with Crippen molar-refractivity contribution in [3.8, 4) is 28.5 Å². The number of carboxylic acid groups (broad SMARTS) is 1. The van der Waals surface area contributed by atoms with E-state index >= 15 is 0 Å². The van der Waals surface area contributed by atoms with Gasteiger partial charge in [0.2, 0.25) is 0 Å². The van der Waals surface area contributed by atoms with Crippen molar-refractivity contribution in [2.45, 2.75) is 33.0 Å². The largest absolute Gasteiger partial charge is 0.497 e. The zero-order chi connectivity index (χ0) is 25.5. The van der Waals surface area contributed by atoms with Gasteiger partial charge in [0.05, 0.1) is 30.2 Å². The molecule has 4 aromatic rings. The summed E-state index contributed by atoms with van der Waals surface area (Å²) in [4.78, 5) is 16.5. The van der Waals surface area contributed by atoms with Crippen LogP contribution < -0.4 is 14.2 Å². The average molecular weight is 484 g/mol. The third kappa shape index (κ3) is 6.21. The maximum absolute atomic E-state index is 11.9. The van der Waals surface area contributed by atoms with Gasteiger partial charge in [-0.25, -0.2) is 9.78 Å². The molecule has 1 N–H and O–H groups in total. The van der Waals surface area contributed by atoms with Gasteiger partial charge in [0.15, 0.2) is 0 Å². The van der Waals surface area contributed by atoms with Gasteiger partial charge in [-0.2, -0.15) is 0 Å². The van der Waals surface area contributed by atoms with E-state index in [1.807, 2.05) is 74.5 Å². The first kappa shape index (κ1) is 24.8. The molecule has 6 nitrogen and oxygen atoms in total. The van der Waals surface area contributed by atoms with Crippen LogP contribution in [-0.4, -0.2) is 29.3 Å². The van der Waals surface area contributed by atoms with Gasteiger partial charge in [-0.05, 0) is 73.9 Å². The first-order valence-electron chi connectivity index (χ1n) is 11.8. The summed E-state index contributed by atoms with van der Waals surface area (Å²) in [5, 5.41) is 9.72. The Kier molecular flexibility index (Phi) is 7.85. The number of carbonyl (C=O) groups is 1. The Balaban J connectivity index is 1.57. The highest BCUT2D eigenvalue weighted by Gasteiger charge is 2.17. The second-order valence-corrected chi connectivity index (χ2v) is 8.62. The van der Waals surface area contributed by atoms with Crippen LogP contribution in [0.3, 0.4) is 0 Å². The monoisotopic (exact) mass is 483 g/mol. The lowest BCUT2D eigenvalue weighted by atomic mass is 10.1. The molecule has 0 aliphatic carbocycles. The molecule has 0 fully saturated rings. The zero-order valence-corrected chi connectivity index (χ0v) is 20.6. The third-order valence-electron chi connectivity index (χ3n) is 5.58. The molecule has 3 aromatic carbocycles. The first-order chi connectivity index (χ1) is 17.4. The fourth-order valence-corrected chi connectivity index (χ4v) is 3.84. The predicted molar refractivity (Wildman–Crippen MR) is 139 cm³/mol. The van der Waals surface area contributed by atoms with Gasteiger partial charge in [0.25, 0.3) is 0 Å². The van der Waals surface area contributed by atoms with Crippen LogP contribution in [0.15, 0.2) is 84.9 Å². The van der Waals surface area contributed by atoms with E-state index in [0.29, 0.717) is 34.2 Å². The molecular weight excluding hydrogens is 454 g/mol. The lowest BCUT2D eigenvalue weighted by Gasteiger charge is -2.16. The predicted octanol–water partition coefficient (Wildman–Crippen LogP) is 6.41. The standard InChI is InChI=1S/C30H29NO5/c1-20(2)36-29-16-13-24(34-3)18-26(29)27-15-14-25(30(32)33)28(31-27)19-35-23-11-9-22(10-12-23)17-21-7-5-4-6-8-21/h4-16,18,20H,17,19H2,1-3H3,(H,32,33). The summed E-state index contributed by atoms with van der Waals surface area (Å²) in [6.07, 6.45) is 0.790. The highest BCUT2D eigenvalue weighted by Crippen LogP contribution is 2.34. The van der Waals surface area contributed by atoms with Crippen molar-refractivity contribution in [1.82, 2.24) is 4.98 Å². The van der Waals surface area contributed by atoms with Crippen molar-refractivity contribution in [3.63, 3.8) is 0 Å². The maximum Gasteiger partial charge on any atom is 0.337 e. The molecule has 6 heteroatoms. The Labute approximate surface area is 211 Å². The van der Waals surface area contributed by atoms with E-state index in [1.165, 1.54) is 5.56 Å². The molecular formula is C30H29NO5. The molecule has 0 amide bonds. The maximum atomic E-state index is 11.9. The molecule has 1 aromatic heterocycles. The SMILES string of the molecule is COc1ccc(OC(C)C)c(-c2ccc(C(=O)O)c(COc3ccc(Cc4ccccc4)cc3)n2)c1. The highest BCUT2D eigenvalue weighted by molar-refractivity contribution is 5.89. The number of pyridine rings is 1. The minimum absolute atomic E-state index is 0.0118. The minimum atomic E-state index is -1.06. The van der Waals surface area contributed by atoms with E-state index in [-0.39, 0.29) is 18.3 Å². The number of methoxy groups -OCH3 is 1. The molecule has 4 rings (SSSR count). The molecule has 0 bridgehead atoms. The topological polar surface area (TPSA) is 77.9 Å². The van der Waals surface area contributed by atoms with Crippen LogP contribution in [0, 0.1) is 0 Å². The fourth-order valence-electron chi connectivity index (χ4n) is 3.84. The van der Waals surface area contributed by atoms with E-state index in [4.69, 9.17) is 14.2 Å². The van der Waals surface area contributed by atoms with Gasteiger partial charge >= 0.3 is 5.97 Å². The zero-order valence-electron chi connectivity index (χ0n) is 20.6. The van der Waals surface area contributed by atoms with E-state index in [2.05, 4.69) is 17.1 Å². The molecule has 0 saturated carbocycles. The smallest absolute Gasteiger partial charge is 0.337 e. The Morgan fingerprint density at radius 3 is 2.25 bits per heavy atom. The molecule has 0 aliphatic heterocycles. The van der Waals surface area contributed by atoms with E-state index in [1.54, 1.807) is 19.2 Å². The molecule has 0 atom stereocenters. The van der Waals surface area contributed by atoms with Crippen LogP contribution >= 0.6 is 0 Å². The summed E-state index contributed by atoms with van der Waals surface area (Å²) in [7, 11) is 1.59. The molecule has 0 unspecified atom stereocenters. The van der Waals surface area contributed by atoms with Crippen molar-refractivity contribution in [1.29, 1.82) is 0 Å². The Morgan fingerprint density at radius 2 is 1.58 bits per heavy atom. The third-order valence-corrected chi connectivity index (χ3v) is 5.58. The summed E-state index contributed by atoms with van der Waals surface area (Å²) in [6.45, 7) is 3.90. The van der Waals surface area contributed by atoms with Crippen LogP contribution in [0.4, 0.5) is 0 Å². The summed E-state index contributed by atoms with van der Waals surface area (Å²) >= 11 is 0. The number of hydrogen-bond donors (Lipinski definition) is 1. The van der Waals surface area contributed by atoms with Gasteiger partial charge in [-0.15, -0.1) is 0 Å². The number of nitrogens with zero attached hydrogens (tertiary/aromatic N) is 1. The Hall–Kier alpha value is -4.32. The number of aromatic carboxylic acids is 1. The van der Waals surface area contributed by atoms with Crippen LogP contribution in [0.2, 0.25) is 0 Å². The summed E-state index contributed by atoms with van der Waals surface area (Å²) in [5.41, 5.74) is 4.10. The Morgan fingerprint density at radius 1 is 0.889 bits per heavy atom. The number of ether oxygens (including phenoxy) is 3. The van der Waals surface area contributed by atoms with Crippen LogP contribution in [0.1, 0.15) is 41.0 Å². The summed E-state index contributed by atoms with van der Waals surface area (Å²) < 4.78 is 17.3. The molecule has 0 saturated heterocycles. The lowest BCUT2D eigenvalue weighted by molar-refractivity contribution is 0.0693. The summed E-state index contributed by atoms with van der Waals surface area (Å²) in [5.74, 6) is 0.872. The van der Waals surface area contributed by atoms with Crippen molar-refractivity contribution >= 4 is 5.97 Å². The molecule has 0 radical (unpaired) electrons. The summed E-state index contributed by atoms with van der Waals surface area (Å²) in [6, 6.07) is 26.7. The Bertz CT molecular complexity index is 1320. The van der Waals surface area contributed by atoms with E-state index in [9.17, 15) is 9.90 Å². The van der Waals surface area contributed by atoms with Crippen LogP contribution in [-0.2, 0) is 13.0 Å². The lowest BCUT2D eigenvalue weighted by Crippen LogP contribution is -2.10. The van der Waals surface area contributed by atoms with Gasteiger partial charge < -0.3 is 19.3 Å². The molecule has 1 heterocycles. The fraction of sp³-hybridized carbons (Fsp3) is 0.200. The van der Waals surface area contributed by atoms with Crippen molar-refractivity contribution in [2.75, 3.05) is 7.11 Å². The van der Waals surface area contributed by atoms with E-state index in [0.717, 1.165) is 12.0 Å². The van der Waals surface area contributed by atoms with Crippen molar-refractivity contribution < 1.29 is 24.1 Å². The number of hydrogen-bond acceptors (Lipinski definition) is 5. The quantitative estimate of drug-likeness (QED) is 0.281. The van der Waals surface area contributed by atoms with Gasteiger partial charge in [-0.3, -0.25) is 0 Å². The van der Waals surface area contributed by atoms with Crippen LogP contribution in [0.5, 0.6) is 17.2 Å². The van der Waals surface area contributed by atoms with E-state index < -0.39 is 5.97 Å². The second kappa shape index (κ2) is 11.4. The minimum Gasteiger partial charge on any atom is -0.497 e. The van der Waals surface area contributed by atoms with Crippen molar-refractivity contribution in [3.05, 3.63) is 107 Å². The highest BCUT2D eigenvalue weighted by atomic mass is 16.5. The molecule has 0 spiro atoms. The first-order valence-corrected chi connectivity index (χ1v) is 11.8. The molecule has 184 valence electrons.